The number of nitrogens with one attached hydrogen (secondary N) is 1. The molecule has 238 valence electrons. The van der Waals surface area contributed by atoms with E-state index in [2.05, 4.69) is 156 Å². The highest BCUT2D eigenvalue weighted by Crippen LogP contribution is 2.53. The number of amidine groups is 2. The number of aliphatic imine (C=N–C) groups is 2. The van der Waals surface area contributed by atoms with Crippen LogP contribution in [0.1, 0.15) is 45.7 Å². The Morgan fingerprint density at radius 2 is 1.24 bits per heavy atom. The van der Waals surface area contributed by atoms with Crippen LogP contribution in [0.3, 0.4) is 0 Å². The molecule has 10 rings (SSSR count). The summed E-state index contributed by atoms with van der Waals surface area (Å²) in [5, 5.41) is 4.69. The number of para-hydroxylation sites is 2. The Kier molecular flexibility index (Phi) is 6.62. The summed E-state index contributed by atoms with van der Waals surface area (Å²) in [6.07, 6.45) is 4.01. The highest BCUT2D eigenvalue weighted by atomic mass is 16.3. The van der Waals surface area contributed by atoms with Gasteiger partial charge in [-0.25, -0.2) is 9.98 Å². The maximum Gasteiger partial charge on any atom is 0.169 e. The van der Waals surface area contributed by atoms with Crippen molar-refractivity contribution in [2.45, 2.75) is 18.1 Å². The average molecular weight is 645 g/mol. The molecule has 0 bridgehead atoms. The lowest BCUT2D eigenvalue weighted by Gasteiger charge is -2.30. The Labute approximate surface area is 290 Å². The lowest BCUT2D eigenvalue weighted by molar-refractivity contribution is 0.583. The molecule has 5 heteroatoms. The van der Waals surface area contributed by atoms with E-state index in [-0.39, 0.29) is 12.0 Å². The van der Waals surface area contributed by atoms with Gasteiger partial charge in [0.05, 0.1) is 6.04 Å². The van der Waals surface area contributed by atoms with Gasteiger partial charge < -0.3 is 14.6 Å². The van der Waals surface area contributed by atoms with Crippen molar-refractivity contribution in [3.8, 4) is 11.1 Å². The van der Waals surface area contributed by atoms with E-state index in [1.807, 2.05) is 24.3 Å². The monoisotopic (exact) mass is 644 g/mol. The predicted octanol–water partition coefficient (Wildman–Crippen LogP) is 10.3. The SMILES string of the molecule is C1=CC2C(c3ccccc3N2c2ccccc2)c2c1oc1cc(C3N=C(c4ccccc4)NC(c4cccc(-c5ccccc5)c4)=N3)ccc21. The summed E-state index contributed by atoms with van der Waals surface area (Å²) in [5.74, 6) is 2.65. The van der Waals surface area contributed by atoms with Gasteiger partial charge in [0.25, 0.3) is 0 Å². The Morgan fingerprint density at radius 1 is 0.580 bits per heavy atom. The Bertz CT molecular complexity index is 2480. The standard InChI is InChI=1S/C45H32N4O/c1-4-13-29(14-5-1)31-17-12-18-32(27-31)44-46-43(30-15-6-2-7-16-30)47-45(48-44)33-23-24-36-40(28-33)50-39-26-25-38-41(42(36)39)35-21-10-11-22-37(35)49(38)34-19-8-3-9-20-34/h1-28,38,41,45H,(H,46,47,48). The third-order valence-corrected chi connectivity index (χ3v) is 10.1. The maximum atomic E-state index is 6.66. The number of anilines is 2. The number of benzene rings is 6. The molecule has 3 aliphatic rings. The first-order chi connectivity index (χ1) is 24.8. The summed E-state index contributed by atoms with van der Waals surface area (Å²) < 4.78 is 6.66. The number of hydrogen-bond acceptors (Lipinski definition) is 5. The van der Waals surface area contributed by atoms with Gasteiger partial charge in [0.15, 0.2) is 6.17 Å². The van der Waals surface area contributed by atoms with Gasteiger partial charge in [-0.1, -0.05) is 133 Å². The van der Waals surface area contributed by atoms with Crippen LogP contribution in [-0.4, -0.2) is 17.7 Å². The maximum absolute atomic E-state index is 6.66. The van der Waals surface area contributed by atoms with Crippen molar-refractivity contribution in [1.82, 2.24) is 5.32 Å². The highest BCUT2D eigenvalue weighted by Gasteiger charge is 2.43. The van der Waals surface area contributed by atoms with E-state index in [1.165, 1.54) is 28.1 Å². The van der Waals surface area contributed by atoms with Gasteiger partial charge in [-0.05, 0) is 53.1 Å². The second kappa shape index (κ2) is 11.6. The zero-order chi connectivity index (χ0) is 33.0. The molecule has 1 aromatic heterocycles. The van der Waals surface area contributed by atoms with Crippen LogP contribution in [0, 0.1) is 0 Å². The van der Waals surface area contributed by atoms with E-state index < -0.39 is 6.17 Å². The molecular formula is C45H32N4O. The van der Waals surface area contributed by atoms with E-state index in [9.17, 15) is 0 Å². The lowest BCUT2D eigenvalue weighted by Crippen LogP contribution is -2.36. The van der Waals surface area contributed by atoms with Gasteiger partial charge in [-0.3, -0.25) is 0 Å². The minimum Gasteiger partial charge on any atom is -0.456 e. The van der Waals surface area contributed by atoms with E-state index in [0.29, 0.717) is 0 Å². The average Bonchev–Trinajstić information content (AvgIpc) is 3.74. The summed E-state index contributed by atoms with van der Waals surface area (Å²) in [4.78, 5) is 12.8. The van der Waals surface area contributed by atoms with Crippen molar-refractivity contribution in [2.75, 3.05) is 4.90 Å². The van der Waals surface area contributed by atoms with Crippen molar-refractivity contribution in [3.63, 3.8) is 0 Å². The van der Waals surface area contributed by atoms with Crippen LogP contribution >= 0.6 is 0 Å². The predicted molar refractivity (Wildman–Crippen MR) is 203 cm³/mol. The molecule has 7 aromatic rings. The minimum atomic E-state index is -0.447. The van der Waals surface area contributed by atoms with Crippen molar-refractivity contribution in [1.29, 1.82) is 0 Å². The minimum absolute atomic E-state index is 0.154. The Balaban J connectivity index is 1.06. The van der Waals surface area contributed by atoms with Crippen molar-refractivity contribution in [2.24, 2.45) is 9.98 Å². The summed E-state index contributed by atoms with van der Waals surface area (Å²) in [6.45, 7) is 0. The van der Waals surface area contributed by atoms with E-state index >= 15 is 0 Å². The molecular weight excluding hydrogens is 613 g/mol. The van der Waals surface area contributed by atoms with Crippen molar-refractivity contribution in [3.05, 3.63) is 197 Å². The Morgan fingerprint density at radius 3 is 2.04 bits per heavy atom. The highest BCUT2D eigenvalue weighted by molar-refractivity contribution is 6.16. The third kappa shape index (κ3) is 4.70. The second-order valence-corrected chi connectivity index (χ2v) is 13.0. The molecule has 2 aliphatic heterocycles. The molecule has 3 atom stereocenters. The normalized spacial score (nSPS) is 18.9. The molecule has 3 unspecified atom stereocenters. The molecule has 0 amide bonds. The molecule has 0 saturated heterocycles. The first-order valence-corrected chi connectivity index (χ1v) is 17.1. The van der Waals surface area contributed by atoms with Crippen molar-refractivity contribution < 1.29 is 4.42 Å². The van der Waals surface area contributed by atoms with Gasteiger partial charge in [0.1, 0.15) is 23.0 Å². The van der Waals surface area contributed by atoms with Crippen LogP contribution in [-0.2, 0) is 0 Å². The molecule has 3 heterocycles. The lowest BCUT2D eigenvalue weighted by atomic mass is 9.82. The molecule has 50 heavy (non-hydrogen) atoms. The van der Waals surface area contributed by atoms with Gasteiger partial charge in [-0.15, -0.1) is 0 Å². The van der Waals surface area contributed by atoms with Gasteiger partial charge in [-0.2, -0.15) is 0 Å². The fourth-order valence-electron chi connectivity index (χ4n) is 7.80. The van der Waals surface area contributed by atoms with Crippen LogP contribution in [0.25, 0.3) is 28.2 Å². The summed E-state index contributed by atoms with van der Waals surface area (Å²) in [6, 6.07) is 55.4. The van der Waals surface area contributed by atoms with Gasteiger partial charge in [0, 0.05) is 44.9 Å². The number of nitrogens with zero attached hydrogens (tertiary/aromatic N) is 3. The number of furan rings is 1. The second-order valence-electron chi connectivity index (χ2n) is 13.0. The molecule has 1 aliphatic carbocycles. The van der Waals surface area contributed by atoms with Crippen molar-refractivity contribution >= 4 is 40.1 Å². The quantitative estimate of drug-likeness (QED) is 0.203. The molecule has 1 N–H and O–H groups in total. The first-order valence-electron chi connectivity index (χ1n) is 17.1. The zero-order valence-corrected chi connectivity index (χ0v) is 27.1. The van der Waals surface area contributed by atoms with Gasteiger partial charge >= 0.3 is 0 Å². The molecule has 0 fully saturated rings. The van der Waals surface area contributed by atoms with Crippen LogP contribution in [0.2, 0.25) is 0 Å². The number of rotatable bonds is 5. The van der Waals surface area contributed by atoms with E-state index in [0.717, 1.165) is 50.7 Å². The van der Waals surface area contributed by atoms with Crippen LogP contribution < -0.4 is 10.2 Å². The largest absolute Gasteiger partial charge is 0.456 e. The summed E-state index contributed by atoms with van der Waals surface area (Å²) >= 11 is 0. The third-order valence-electron chi connectivity index (χ3n) is 10.1. The fourth-order valence-corrected chi connectivity index (χ4v) is 7.80. The van der Waals surface area contributed by atoms with Crippen LogP contribution in [0.4, 0.5) is 11.4 Å². The van der Waals surface area contributed by atoms with Crippen LogP contribution in [0.15, 0.2) is 178 Å². The Hall–Kier alpha value is -6.46. The molecule has 5 nitrogen and oxygen atoms in total. The molecule has 0 spiro atoms. The zero-order valence-electron chi connectivity index (χ0n) is 27.1. The summed E-state index contributed by atoms with van der Waals surface area (Å²) in [7, 11) is 0. The topological polar surface area (TPSA) is 53.1 Å². The van der Waals surface area contributed by atoms with Crippen LogP contribution in [0.5, 0.6) is 0 Å². The number of hydrogen-bond donors (Lipinski definition) is 1. The molecule has 0 saturated carbocycles. The number of fused-ring (bicyclic) bond motifs is 7. The molecule has 6 aromatic carbocycles. The van der Waals surface area contributed by atoms with Gasteiger partial charge in [0.2, 0.25) is 0 Å². The van der Waals surface area contributed by atoms with E-state index in [1.54, 1.807) is 0 Å². The summed E-state index contributed by atoms with van der Waals surface area (Å²) in [5.41, 5.74) is 11.2. The van der Waals surface area contributed by atoms with E-state index in [4.69, 9.17) is 14.4 Å². The smallest absolute Gasteiger partial charge is 0.169 e. The molecule has 0 radical (unpaired) electrons. The first kappa shape index (κ1) is 28.5. The fraction of sp³-hybridized carbons (Fsp3) is 0.0667.